The Bertz CT molecular complexity index is 743. The van der Waals surface area contributed by atoms with Crippen molar-refractivity contribution >= 4 is 29.3 Å². The zero-order chi connectivity index (χ0) is 17.7. The van der Waals surface area contributed by atoms with Crippen LogP contribution in [0.5, 0.6) is 0 Å². The van der Waals surface area contributed by atoms with Crippen LogP contribution in [0.15, 0.2) is 35.4 Å². The Morgan fingerprint density at radius 3 is 2.71 bits per heavy atom. The molecule has 2 aromatic rings. The Kier molecular flexibility index (Phi) is 6.14. The van der Waals surface area contributed by atoms with Gasteiger partial charge in [0.15, 0.2) is 5.78 Å². The van der Waals surface area contributed by atoms with Gasteiger partial charge in [-0.05, 0) is 25.0 Å². The average Bonchev–Trinajstić information content (AvgIpc) is 2.92. The number of aromatic nitrogens is 2. The molecule has 1 heterocycles. The van der Waals surface area contributed by atoms with Crippen molar-refractivity contribution in [2.75, 3.05) is 11.1 Å². The Hall–Kier alpha value is -2.15. The van der Waals surface area contributed by atoms with Crippen LogP contribution in [0.3, 0.4) is 0 Å². The van der Waals surface area contributed by atoms with Gasteiger partial charge in [-0.2, -0.15) is 5.10 Å². The molecule has 0 aliphatic carbocycles. The van der Waals surface area contributed by atoms with Crippen LogP contribution < -0.4 is 5.32 Å². The predicted molar refractivity (Wildman–Crippen MR) is 92.8 cm³/mol. The smallest absolute Gasteiger partial charge is 0.235 e. The Labute approximate surface area is 144 Å². The monoisotopic (exact) mass is 349 g/mol. The molecular weight excluding hydrogens is 329 g/mol. The van der Waals surface area contributed by atoms with E-state index in [4.69, 9.17) is 0 Å². The lowest BCUT2D eigenvalue weighted by molar-refractivity contribution is -0.113. The van der Waals surface area contributed by atoms with Gasteiger partial charge in [0.05, 0.1) is 11.9 Å². The molecule has 2 rings (SSSR count). The van der Waals surface area contributed by atoms with Gasteiger partial charge in [-0.3, -0.25) is 9.59 Å². The van der Waals surface area contributed by atoms with Crippen LogP contribution in [0.2, 0.25) is 0 Å². The number of anilines is 1. The summed E-state index contributed by atoms with van der Waals surface area (Å²) in [5.41, 5.74) is 0.318. The van der Waals surface area contributed by atoms with E-state index in [1.807, 2.05) is 0 Å². The third-order valence-corrected chi connectivity index (χ3v) is 4.27. The van der Waals surface area contributed by atoms with E-state index in [-0.39, 0.29) is 17.4 Å². The first-order chi connectivity index (χ1) is 11.4. The van der Waals surface area contributed by atoms with Crippen LogP contribution in [0.4, 0.5) is 10.2 Å². The Morgan fingerprint density at radius 1 is 1.33 bits per heavy atom. The molecule has 24 heavy (non-hydrogen) atoms. The maximum absolute atomic E-state index is 13.9. The number of nitrogens with one attached hydrogen (secondary N) is 1. The molecule has 0 saturated carbocycles. The van der Waals surface area contributed by atoms with Gasteiger partial charge in [0.25, 0.3) is 0 Å². The van der Waals surface area contributed by atoms with Gasteiger partial charge in [-0.15, -0.1) is 11.8 Å². The van der Waals surface area contributed by atoms with Gasteiger partial charge in [-0.1, -0.05) is 19.9 Å². The summed E-state index contributed by atoms with van der Waals surface area (Å²) in [6.07, 6.45) is 1.63. The molecule has 1 aromatic carbocycles. The first-order valence-corrected chi connectivity index (χ1v) is 8.60. The second kappa shape index (κ2) is 8.10. The SMILES string of the molecule is CC(=O)c1ccc(SCC(=O)Nc2ccnn2CC(C)C)c(F)c1. The number of hydrogen-bond acceptors (Lipinski definition) is 4. The molecule has 0 spiro atoms. The van der Waals surface area contributed by atoms with Gasteiger partial charge in [0.1, 0.15) is 11.6 Å². The summed E-state index contributed by atoms with van der Waals surface area (Å²) in [7, 11) is 0. The lowest BCUT2D eigenvalue weighted by Gasteiger charge is -2.11. The highest BCUT2D eigenvalue weighted by atomic mass is 32.2. The van der Waals surface area contributed by atoms with E-state index in [0.717, 1.165) is 11.8 Å². The number of nitrogens with zero attached hydrogens (tertiary/aromatic N) is 2. The van der Waals surface area contributed by atoms with Crippen LogP contribution in [-0.4, -0.2) is 27.2 Å². The summed E-state index contributed by atoms with van der Waals surface area (Å²) < 4.78 is 15.7. The van der Waals surface area contributed by atoms with Crippen molar-refractivity contribution in [2.24, 2.45) is 5.92 Å². The van der Waals surface area contributed by atoms with Crippen LogP contribution in [0.1, 0.15) is 31.1 Å². The fourth-order valence-corrected chi connectivity index (χ4v) is 2.81. The summed E-state index contributed by atoms with van der Waals surface area (Å²) in [6.45, 7) is 6.22. The molecule has 0 atom stereocenters. The van der Waals surface area contributed by atoms with Gasteiger partial charge in [0, 0.05) is 23.1 Å². The van der Waals surface area contributed by atoms with Crippen molar-refractivity contribution < 1.29 is 14.0 Å². The van der Waals surface area contributed by atoms with Crippen LogP contribution >= 0.6 is 11.8 Å². The first kappa shape index (κ1) is 18.2. The average molecular weight is 349 g/mol. The largest absolute Gasteiger partial charge is 0.310 e. The van der Waals surface area contributed by atoms with E-state index in [1.54, 1.807) is 23.0 Å². The minimum Gasteiger partial charge on any atom is -0.310 e. The minimum absolute atomic E-state index is 0.0726. The number of Topliss-reactive ketones (excluding diaryl/α,β-unsaturated/α-hetero) is 1. The van der Waals surface area contributed by atoms with Crippen LogP contribution in [0.25, 0.3) is 0 Å². The third kappa shape index (κ3) is 4.92. The van der Waals surface area contributed by atoms with Crippen molar-refractivity contribution in [1.82, 2.24) is 9.78 Å². The molecule has 128 valence electrons. The van der Waals surface area contributed by atoms with E-state index in [2.05, 4.69) is 24.3 Å². The summed E-state index contributed by atoms with van der Waals surface area (Å²) in [5.74, 6) is 0.182. The number of rotatable bonds is 7. The second-order valence-electron chi connectivity index (χ2n) is 5.83. The summed E-state index contributed by atoms with van der Waals surface area (Å²) in [6, 6.07) is 6.00. The van der Waals surface area contributed by atoms with Crippen LogP contribution in [-0.2, 0) is 11.3 Å². The normalized spacial score (nSPS) is 10.9. The maximum atomic E-state index is 13.9. The van der Waals surface area contributed by atoms with Crippen molar-refractivity contribution in [1.29, 1.82) is 0 Å². The van der Waals surface area contributed by atoms with Crippen molar-refractivity contribution in [3.63, 3.8) is 0 Å². The van der Waals surface area contributed by atoms with E-state index in [0.29, 0.717) is 28.7 Å². The summed E-state index contributed by atoms with van der Waals surface area (Å²) in [5, 5.41) is 6.95. The molecule has 0 saturated heterocycles. The van der Waals surface area contributed by atoms with E-state index in [1.165, 1.54) is 19.1 Å². The Balaban J connectivity index is 1.94. The minimum atomic E-state index is -0.495. The van der Waals surface area contributed by atoms with Crippen molar-refractivity contribution in [3.05, 3.63) is 41.8 Å². The Morgan fingerprint density at radius 2 is 2.08 bits per heavy atom. The van der Waals surface area contributed by atoms with E-state index in [9.17, 15) is 14.0 Å². The second-order valence-corrected chi connectivity index (χ2v) is 6.85. The van der Waals surface area contributed by atoms with Gasteiger partial charge >= 0.3 is 0 Å². The fraction of sp³-hybridized carbons (Fsp3) is 0.353. The van der Waals surface area contributed by atoms with Gasteiger partial charge in [-0.25, -0.2) is 9.07 Å². The van der Waals surface area contributed by atoms with Gasteiger partial charge in [0.2, 0.25) is 5.91 Å². The zero-order valence-electron chi connectivity index (χ0n) is 13.9. The standard InChI is InChI=1S/C17H20FN3O2S/c1-11(2)9-21-16(6-7-19-21)20-17(23)10-24-15-5-4-13(12(3)22)8-14(15)18/h4-8,11H,9-10H2,1-3H3,(H,20,23). The molecule has 0 bridgehead atoms. The highest BCUT2D eigenvalue weighted by molar-refractivity contribution is 8.00. The highest BCUT2D eigenvalue weighted by Gasteiger charge is 2.11. The molecule has 0 fully saturated rings. The number of halogens is 1. The molecule has 0 aliphatic heterocycles. The number of ketones is 1. The number of hydrogen-bond donors (Lipinski definition) is 1. The zero-order valence-corrected chi connectivity index (χ0v) is 14.7. The number of carbonyl (C=O) groups excluding carboxylic acids is 2. The molecule has 0 radical (unpaired) electrons. The van der Waals surface area contributed by atoms with Crippen molar-refractivity contribution in [3.8, 4) is 0 Å². The highest BCUT2D eigenvalue weighted by Crippen LogP contribution is 2.23. The number of benzene rings is 1. The molecule has 0 aliphatic rings. The number of carbonyl (C=O) groups is 2. The molecule has 5 nitrogen and oxygen atoms in total. The van der Waals surface area contributed by atoms with Crippen molar-refractivity contribution in [2.45, 2.75) is 32.2 Å². The molecule has 7 heteroatoms. The predicted octanol–water partition coefficient (Wildman–Crippen LogP) is 3.61. The first-order valence-electron chi connectivity index (χ1n) is 7.61. The quantitative estimate of drug-likeness (QED) is 0.613. The third-order valence-electron chi connectivity index (χ3n) is 3.22. The molecule has 1 N–H and O–H groups in total. The molecule has 0 unspecified atom stereocenters. The van der Waals surface area contributed by atoms with E-state index < -0.39 is 5.82 Å². The maximum Gasteiger partial charge on any atom is 0.235 e. The van der Waals surface area contributed by atoms with E-state index >= 15 is 0 Å². The fourth-order valence-electron chi connectivity index (χ4n) is 2.09. The molecule has 1 aromatic heterocycles. The lowest BCUT2D eigenvalue weighted by atomic mass is 10.1. The number of thioether (sulfide) groups is 1. The molecular formula is C17H20FN3O2S. The summed E-state index contributed by atoms with van der Waals surface area (Å²) >= 11 is 1.09. The number of amides is 1. The topological polar surface area (TPSA) is 64.0 Å². The van der Waals surface area contributed by atoms with Gasteiger partial charge < -0.3 is 5.32 Å². The molecule has 1 amide bonds. The van der Waals surface area contributed by atoms with Crippen LogP contribution in [0, 0.1) is 11.7 Å². The lowest BCUT2D eigenvalue weighted by Crippen LogP contribution is -2.18. The summed E-state index contributed by atoms with van der Waals surface area (Å²) in [4.78, 5) is 23.6.